The molecule has 2 N–H and O–H groups in total. The minimum atomic E-state index is -3.81. The van der Waals surface area contributed by atoms with E-state index >= 15 is 0 Å². The van der Waals surface area contributed by atoms with E-state index in [1.54, 1.807) is 0 Å². The third kappa shape index (κ3) is 3.62. The average molecular weight is 378 g/mol. The number of esters is 1. The number of anilines is 1. The van der Waals surface area contributed by atoms with Crippen molar-refractivity contribution in [3.63, 3.8) is 0 Å². The highest BCUT2D eigenvalue weighted by Gasteiger charge is 2.29. The van der Waals surface area contributed by atoms with Crippen LogP contribution in [0, 0.1) is 5.82 Å². The number of nitrogens with one attached hydrogen (secondary N) is 1. The first-order valence-corrected chi connectivity index (χ1v) is 8.68. The third-order valence-corrected chi connectivity index (χ3v) is 4.48. The molecular weight excluding hydrogens is 365 g/mol. The molecule has 0 fully saturated rings. The van der Waals surface area contributed by atoms with Crippen LogP contribution in [0.15, 0.2) is 22.6 Å². The number of furan rings is 1. The Bertz CT molecular complexity index is 873. The molecule has 0 aliphatic rings. The van der Waals surface area contributed by atoms with Gasteiger partial charge in [0.15, 0.2) is 5.76 Å². The van der Waals surface area contributed by atoms with Crippen molar-refractivity contribution < 1.29 is 31.9 Å². The molecule has 2 aromatic rings. The first-order valence-electron chi connectivity index (χ1n) is 6.65. The summed E-state index contributed by atoms with van der Waals surface area (Å²) in [6.07, 6.45) is 0. The van der Waals surface area contributed by atoms with E-state index in [1.807, 2.05) is 4.72 Å². The normalized spacial score (nSPS) is 11.3. The fraction of sp³-hybridized carbons (Fsp3) is 0.214. The van der Waals surface area contributed by atoms with Crippen molar-refractivity contribution in [3.8, 4) is 22.8 Å². The highest BCUT2D eigenvalue weighted by atomic mass is 35.5. The summed E-state index contributed by atoms with van der Waals surface area (Å²) in [4.78, 5) is 11.2. The molecule has 0 radical (unpaired) electrons. The number of benzene rings is 1. The molecule has 1 aromatic carbocycles. The number of halogens is 2. The van der Waals surface area contributed by atoms with Gasteiger partial charge in [0.1, 0.15) is 5.82 Å². The van der Waals surface area contributed by atoms with Gasteiger partial charge in [-0.3, -0.25) is 4.79 Å². The lowest BCUT2D eigenvalue weighted by molar-refractivity contribution is -0.131. The second kappa shape index (κ2) is 6.70. The van der Waals surface area contributed by atoms with Crippen molar-refractivity contribution in [3.05, 3.63) is 29.0 Å². The van der Waals surface area contributed by atoms with Crippen LogP contribution in [0.4, 0.5) is 10.3 Å². The SMILES string of the molecule is CCS(=O)(=O)Nc1oc(-c2c(F)cccc2Cl)c(O)c1OC(C)=O. The molecule has 130 valence electrons. The van der Waals surface area contributed by atoms with Gasteiger partial charge in [-0.1, -0.05) is 17.7 Å². The van der Waals surface area contributed by atoms with Gasteiger partial charge in [-0.2, -0.15) is 0 Å². The molecule has 0 saturated heterocycles. The summed E-state index contributed by atoms with van der Waals surface area (Å²) in [7, 11) is -3.81. The second-order valence-corrected chi connectivity index (χ2v) is 7.05. The summed E-state index contributed by atoms with van der Waals surface area (Å²) in [5.74, 6) is -4.31. The van der Waals surface area contributed by atoms with Crippen LogP contribution in [0.2, 0.25) is 5.02 Å². The molecule has 0 aliphatic heterocycles. The van der Waals surface area contributed by atoms with Gasteiger partial charge in [0, 0.05) is 6.92 Å². The summed E-state index contributed by atoms with van der Waals surface area (Å²) in [5, 5.41) is 10.1. The van der Waals surface area contributed by atoms with Crippen LogP contribution in [0.3, 0.4) is 0 Å². The van der Waals surface area contributed by atoms with E-state index in [9.17, 15) is 22.7 Å². The number of hydrogen-bond donors (Lipinski definition) is 2. The number of carbonyl (C=O) groups is 1. The van der Waals surface area contributed by atoms with Crippen molar-refractivity contribution in [1.82, 2.24) is 0 Å². The Hall–Kier alpha value is -2.26. The maximum atomic E-state index is 14.0. The fourth-order valence-corrected chi connectivity index (χ4v) is 2.62. The fourth-order valence-electron chi connectivity index (χ4n) is 1.81. The van der Waals surface area contributed by atoms with Gasteiger partial charge < -0.3 is 14.3 Å². The van der Waals surface area contributed by atoms with Gasteiger partial charge in [-0.05, 0) is 19.1 Å². The summed E-state index contributed by atoms with van der Waals surface area (Å²) in [6, 6.07) is 3.77. The molecule has 0 aliphatic carbocycles. The van der Waals surface area contributed by atoms with Crippen LogP contribution in [0.1, 0.15) is 13.8 Å². The molecule has 0 amide bonds. The molecule has 1 heterocycles. The highest BCUT2D eigenvalue weighted by Crippen LogP contribution is 2.48. The second-order valence-electron chi connectivity index (χ2n) is 4.63. The van der Waals surface area contributed by atoms with Crippen molar-refractivity contribution in [2.75, 3.05) is 10.5 Å². The molecule has 0 spiro atoms. The van der Waals surface area contributed by atoms with Gasteiger partial charge in [0.25, 0.3) is 5.88 Å². The number of hydrogen-bond acceptors (Lipinski definition) is 6. The molecule has 0 atom stereocenters. The van der Waals surface area contributed by atoms with Crippen molar-refractivity contribution in [2.45, 2.75) is 13.8 Å². The van der Waals surface area contributed by atoms with Crippen LogP contribution in [0.25, 0.3) is 11.3 Å². The molecule has 24 heavy (non-hydrogen) atoms. The summed E-state index contributed by atoms with van der Waals surface area (Å²) >= 11 is 5.91. The Labute approximate surface area is 142 Å². The van der Waals surface area contributed by atoms with E-state index in [-0.39, 0.29) is 16.3 Å². The maximum absolute atomic E-state index is 14.0. The number of carbonyl (C=O) groups excluding carboxylic acids is 1. The van der Waals surface area contributed by atoms with Crippen LogP contribution >= 0.6 is 11.6 Å². The molecular formula is C14H13ClFNO6S. The zero-order chi connectivity index (χ0) is 18.1. The summed E-state index contributed by atoms with van der Waals surface area (Å²) in [5.41, 5.74) is -0.299. The minimum absolute atomic E-state index is 0.0849. The smallest absolute Gasteiger partial charge is 0.308 e. The number of aromatic hydroxyl groups is 1. The lowest BCUT2D eigenvalue weighted by atomic mass is 10.1. The molecule has 7 nitrogen and oxygen atoms in total. The minimum Gasteiger partial charge on any atom is -0.502 e. The van der Waals surface area contributed by atoms with Crippen molar-refractivity contribution in [2.24, 2.45) is 0 Å². The Morgan fingerprint density at radius 2 is 2.12 bits per heavy atom. The zero-order valence-corrected chi connectivity index (χ0v) is 14.2. The van der Waals surface area contributed by atoms with Crippen LogP contribution < -0.4 is 9.46 Å². The molecule has 1 aromatic heterocycles. The first-order chi connectivity index (χ1) is 11.2. The third-order valence-electron chi connectivity index (χ3n) is 2.90. The molecule has 10 heteroatoms. The van der Waals surface area contributed by atoms with E-state index in [1.165, 1.54) is 19.1 Å². The topological polar surface area (TPSA) is 106 Å². The molecule has 2 rings (SSSR count). The van der Waals surface area contributed by atoms with E-state index in [0.29, 0.717) is 0 Å². The predicted molar refractivity (Wildman–Crippen MR) is 85.2 cm³/mol. The van der Waals surface area contributed by atoms with Crippen molar-refractivity contribution >= 4 is 33.5 Å². The van der Waals surface area contributed by atoms with E-state index in [4.69, 9.17) is 20.8 Å². The van der Waals surface area contributed by atoms with E-state index in [2.05, 4.69) is 0 Å². The van der Waals surface area contributed by atoms with Crippen LogP contribution in [-0.4, -0.2) is 25.2 Å². The lowest BCUT2D eigenvalue weighted by Gasteiger charge is -2.04. The van der Waals surface area contributed by atoms with Gasteiger partial charge in [-0.25, -0.2) is 17.5 Å². The average Bonchev–Trinajstić information content (AvgIpc) is 2.75. The van der Waals surface area contributed by atoms with Crippen LogP contribution in [-0.2, 0) is 14.8 Å². The van der Waals surface area contributed by atoms with E-state index in [0.717, 1.165) is 13.0 Å². The molecule has 0 unspecified atom stereocenters. The Balaban J connectivity index is 2.67. The zero-order valence-electron chi connectivity index (χ0n) is 12.6. The van der Waals surface area contributed by atoms with E-state index < -0.39 is 45.0 Å². The highest BCUT2D eigenvalue weighted by molar-refractivity contribution is 7.92. The van der Waals surface area contributed by atoms with Crippen molar-refractivity contribution in [1.29, 1.82) is 0 Å². The largest absolute Gasteiger partial charge is 0.502 e. The Kier molecular flexibility index (Phi) is 5.05. The molecule has 0 saturated carbocycles. The van der Waals surface area contributed by atoms with Gasteiger partial charge in [0.2, 0.25) is 21.5 Å². The number of rotatable bonds is 5. The quantitative estimate of drug-likeness (QED) is 0.775. The van der Waals surface area contributed by atoms with Gasteiger partial charge >= 0.3 is 5.97 Å². The summed E-state index contributed by atoms with van der Waals surface area (Å²) in [6.45, 7) is 2.41. The Morgan fingerprint density at radius 3 is 2.67 bits per heavy atom. The molecule has 0 bridgehead atoms. The van der Waals surface area contributed by atoms with Gasteiger partial charge in [-0.15, -0.1) is 0 Å². The number of ether oxygens (including phenoxy) is 1. The van der Waals surface area contributed by atoms with Gasteiger partial charge in [0.05, 0.1) is 16.3 Å². The standard InChI is InChI=1S/C14H13ClFNO6S/c1-3-24(20,21)17-14-13(22-7(2)18)11(19)12(23-14)10-8(15)5-4-6-9(10)16/h4-6,17,19H,3H2,1-2H3. The van der Waals surface area contributed by atoms with Crippen LogP contribution in [0.5, 0.6) is 11.5 Å². The predicted octanol–water partition coefficient (Wildman–Crippen LogP) is 3.13. The lowest BCUT2D eigenvalue weighted by Crippen LogP contribution is -2.15. The maximum Gasteiger partial charge on any atom is 0.308 e. The summed E-state index contributed by atoms with van der Waals surface area (Å²) < 4.78 is 49.4. The Morgan fingerprint density at radius 1 is 1.46 bits per heavy atom. The first kappa shape index (κ1) is 18.1. The number of sulfonamides is 1. The monoisotopic (exact) mass is 377 g/mol.